The van der Waals surface area contributed by atoms with Gasteiger partial charge in [0.2, 0.25) is 0 Å². The molecule has 0 aromatic carbocycles. The Morgan fingerprint density at radius 3 is 2.50 bits per heavy atom. The molecule has 1 saturated carbocycles. The summed E-state index contributed by atoms with van der Waals surface area (Å²) >= 11 is 0. The van der Waals surface area contributed by atoms with E-state index in [0.717, 1.165) is 44.9 Å². The van der Waals surface area contributed by atoms with Gasteiger partial charge in [-0.05, 0) is 38.0 Å². The van der Waals surface area contributed by atoms with Crippen molar-refractivity contribution in [3.05, 3.63) is 32.6 Å². The van der Waals surface area contributed by atoms with E-state index in [0.29, 0.717) is 30.4 Å². The van der Waals surface area contributed by atoms with Crippen LogP contribution >= 0.6 is 0 Å². The number of unbranched alkanes of at least 4 members (excludes halogenated alkanes) is 4. The number of aromatic nitrogens is 2. The zero-order valence-electron chi connectivity index (χ0n) is 18.9. The third-order valence-electron chi connectivity index (χ3n) is 6.87. The third kappa shape index (κ3) is 6.29. The van der Waals surface area contributed by atoms with Gasteiger partial charge >= 0.3 is 5.69 Å². The van der Waals surface area contributed by atoms with Crippen LogP contribution in [0.15, 0.2) is 15.8 Å². The zero-order valence-corrected chi connectivity index (χ0v) is 18.9. The van der Waals surface area contributed by atoms with Gasteiger partial charge in [-0.25, -0.2) is 4.79 Å². The summed E-state index contributed by atoms with van der Waals surface area (Å²) < 4.78 is 8.20. The Labute approximate surface area is 188 Å². The summed E-state index contributed by atoms with van der Waals surface area (Å²) in [5.41, 5.74) is -0.296. The monoisotopic (exact) mass is 454 g/mol. The van der Waals surface area contributed by atoms with Crippen LogP contribution in [0.25, 0.3) is 0 Å². The van der Waals surface area contributed by atoms with E-state index < -0.39 is 30.2 Å². The van der Waals surface area contributed by atoms with Crippen molar-refractivity contribution >= 4 is 0 Å². The highest BCUT2D eigenvalue weighted by Gasteiger charge is 2.37. The minimum absolute atomic E-state index is 0.156. The highest BCUT2D eigenvalue weighted by Crippen LogP contribution is 2.45. The van der Waals surface area contributed by atoms with Crippen LogP contribution < -0.4 is 11.2 Å². The number of aryl methyl sites for hydroxylation is 1. The van der Waals surface area contributed by atoms with Crippen LogP contribution in [0.2, 0.25) is 0 Å². The van der Waals surface area contributed by atoms with E-state index >= 15 is 0 Å². The zero-order chi connectivity index (χ0) is 23.3. The predicted molar refractivity (Wildman–Crippen MR) is 118 cm³/mol. The minimum Gasteiger partial charge on any atom is -0.394 e. The topological polar surface area (TPSA) is 134 Å². The van der Waals surface area contributed by atoms with Crippen molar-refractivity contribution in [1.82, 2.24) is 9.13 Å². The summed E-state index contributed by atoms with van der Waals surface area (Å²) in [4.78, 5) is 25.4. The molecule has 1 saturated heterocycles. The molecule has 2 aliphatic rings. The van der Waals surface area contributed by atoms with Crippen molar-refractivity contribution in [3.8, 4) is 0 Å². The molecule has 2 heterocycles. The van der Waals surface area contributed by atoms with Crippen LogP contribution in [0.1, 0.15) is 69.6 Å². The smallest absolute Gasteiger partial charge is 0.333 e. The lowest BCUT2D eigenvalue weighted by molar-refractivity contribution is -0.0464. The quantitative estimate of drug-likeness (QED) is 0.322. The molecule has 0 spiro atoms. The number of aliphatic hydroxyl groups excluding tert-OH is 4. The molecule has 0 bridgehead atoms. The fourth-order valence-corrected chi connectivity index (χ4v) is 4.80. The van der Waals surface area contributed by atoms with Crippen molar-refractivity contribution in [2.75, 3.05) is 13.2 Å². The number of hydrogen-bond donors (Lipinski definition) is 4. The summed E-state index contributed by atoms with van der Waals surface area (Å²) in [7, 11) is 0. The molecule has 1 aliphatic heterocycles. The van der Waals surface area contributed by atoms with Crippen molar-refractivity contribution in [2.24, 2.45) is 11.8 Å². The first-order chi connectivity index (χ1) is 15.3. The number of aliphatic hydroxyl groups is 4. The summed E-state index contributed by atoms with van der Waals surface area (Å²) in [5, 5.41) is 37.6. The van der Waals surface area contributed by atoms with Gasteiger partial charge < -0.3 is 25.2 Å². The van der Waals surface area contributed by atoms with Crippen LogP contribution in [0.5, 0.6) is 0 Å². The maximum atomic E-state index is 12.9. The Bertz CT molecular complexity index is 852. The second-order valence-electron chi connectivity index (χ2n) is 9.46. The van der Waals surface area contributed by atoms with E-state index in [4.69, 9.17) is 9.84 Å². The highest BCUT2D eigenvalue weighted by molar-refractivity contribution is 5.04. The van der Waals surface area contributed by atoms with Crippen LogP contribution in [-0.4, -0.2) is 61.1 Å². The molecular formula is C23H38N2O7. The summed E-state index contributed by atoms with van der Waals surface area (Å²) in [6.07, 6.45) is 6.81. The predicted octanol–water partition coefficient (Wildman–Crippen LogP) is 0.679. The Kier molecular flexibility index (Phi) is 9.07. The molecule has 2 fully saturated rings. The van der Waals surface area contributed by atoms with Crippen LogP contribution in [0, 0.1) is 18.8 Å². The first kappa shape index (κ1) is 25.1. The van der Waals surface area contributed by atoms with Crippen molar-refractivity contribution in [2.45, 2.75) is 95.8 Å². The molecule has 6 atom stereocenters. The molecule has 3 rings (SSSR count). The molecule has 1 aliphatic carbocycles. The molecule has 0 amide bonds. The van der Waals surface area contributed by atoms with Crippen molar-refractivity contribution in [3.63, 3.8) is 0 Å². The van der Waals surface area contributed by atoms with Crippen LogP contribution in [-0.2, 0) is 11.3 Å². The number of ether oxygens (including phenoxy) is 1. The Morgan fingerprint density at radius 1 is 1.09 bits per heavy atom. The first-order valence-corrected chi connectivity index (χ1v) is 11.9. The van der Waals surface area contributed by atoms with Gasteiger partial charge in [0.15, 0.2) is 0 Å². The highest BCUT2D eigenvalue weighted by atomic mass is 16.5. The molecule has 9 heteroatoms. The number of rotatable bonds is 13. The lowest BCUT2D eigenvalue weighted by Crippen LogP contribution is -2.42. The summed E-state index contributed by atoms with van der Waals surface area (Å²) in [5.74, 6) is 1.24. The minimum atomic E-state index is -0.844. The van der Waals surface area contributed by atoms with Gasteiger partial charge in [-0.1, -0.05) is 32.1 Å². The fourth-order valence-electron chi connectivity index (χ4n) is 4.80. The second-order valence-corrected chi connectivity index (χ2v) is 9.46. The Hall–Kier alpha value is -1.52. The molecule has 182 valence electrons. The maximum absolute atomic E-state index is 12.9. The normalized spacial score (nSPS) is 28.2. The third-order valence-corrected chi connectivity index (χ3v) is 6.87. The van der Waals surface area contributed by atoms with E-state index in [1.165, 1.54) is 15.3 Å². The lowest BCUT2D eigenvalue weighted by Gasteiger charge is -2.17. The summed E-state index contributed by atoms with van der Waals surface area (Å²) in [6.45, 7) is 1.53. The molecule has 4 N–H and O–H groups in total. The van der Waals surface area contributed by atoms with Crippen LogP contribution in [0.3, 0.4) is 0 Å². The van der Waals surface area contributed by atoms with E-state index in [1.54, 1.807) is 6.92 Å². The fraction of sp³-hybridized carbons (Fsp3) is 0.826. The van der Waals surface area contributed by atoms with E-state index in [2.05, 4.69) is 0 Å². The molecule has 9 nitrogen and oxygen atoms in total. The molecule has 1 aromatic rings. The van der Waals surface area contributed by atoms with E-state index in [1.807, 2.05) is 0 Å². The van der Waals surface area contributed by atoms with Gasteiger partial charge in [0.1, 0.15) is 12.3 Å². The second kappa shape index (κ2) is 11.6. The van der Waals surface area contributed by atoms with E-state index in [9.17, 15) is 24.9 Å². The molecule has 32 heavy (non-hydrogen) atoms. The molecule has 3 unspecified atom stereocenters. The van der Waals surface area contributed by atoms with Gasteiger partial charge in [0.25, 0.3) is 5.56 Å². The number of nitrogens with zero attached hydrogens (tertiary/aromatic N) is 2. The van der Waals surface area contributed by atoms with Crippen LogP contribution in [0.4, 0.5) is 0 Å². The van der Waals surface area contributed by atoms with Gasteiger partial charge in [0.05, 0.1) is 25.4 Å². The van der Waals surface area contributed by atoms with Gasteiger partial charge in [-0.2, -0.15) is 0 Å². The molecular weight excluding hydrogens is 416 g/mol. The van der Waals surface area contributed by atoms with Gasteiger partial charge in [-0.3, -0.25) is 13.9 Å². The average molecular weight is 455 g/mol. The largest absolute Gasteiger partial charge is 0.394 e. The summed E-state index contributed by atoms with van der Waals surface area (Å²) in [6, 6.07) is 0. The Morgan fingerprint density at radius 2 is 1.81 bits per heavy atom. The van der Waals surface area contributed by atoms with Crippen molar-refractivity contribution < 1.29 is 25.2 Å². The lowest BCUT2D eigenvalue weighted by atomic mass is 10.1. The first-order valence-electron chi connectivity index (χ1n) is 11.9. The average Bonchev–Trinajstić information content (AvgIpc) is 3.40. The van der Waals surface area contributed by atoms with Crippen molar-refractivity contribution in [1.29, 1.82) is 0 Å². The maximum Gasteiger partial charge on any atom is 0.333 e. The SMILES string of the molecule is Cc1cn([C@H]2C[C@H](O)[C@@H](CO)O2)c(=O)n(CCCCCCCC2CC2CC(O)CO)c1=O. The van der Waals surface area contributed by atoms with Gasteiger partial charge in [0, 0.05) is 24.7 Å². The molecule has 1 aromatic heterocycles. The Balaban J connectivity index is 1.42. The van der Waals surface area contributed by atoms with Gasteiger partial charge in [-0.15, -0.1) is 0 Å². The molecule has 0 radical (unpaired) electrons. The van der Waals surface area contributed by atoms with E-state index in [-0.39, 0.29) is 25.2 Å². The number of hydrogen-bond acceptors (Lipinski definition) is 7. The standard InChI is InChI=1S/C23H38N2O7/c1-15-12-25(21-11-19(29)20(14-27)32-21)23(31)24(22(15)30)8-6-4-2-3-5-7-16-9-17(16)10-18(28)13-26/h12,16-21,26-29H,2-11,13-14H2,1H3/t16?,17?,18?,19-,20+,21+/m0/s1.